The normalized spacial score (nSPS) is 10.8. The van der Waals surface area contributed by atoms with E-state index >= 15 is 0 Å². The van der Waals surface area contributed by atoms with Gasteiger partial charge in [-0.2, -0.15) is 5.26 Å². The van der Waals surface area contributed by atoms with Crippen molar-refractivity contribution in [2.75, 3.05) is 16.8 Å². The molecule has 0 unspecified atom stereocenters. The van der Waals surface area contributed by atoms with E-state index < -0.39 is 0 Å². The van der Waals surface area contributed by atoms with Crippen molar-refractivity contribution >= 4 is 23.2 Å². The highest BCUT2D eigenvalue weighted by Gasteiger charge is 2.23. The summed E-state index contributed by atoms with van der Waals surface area (Å²) in [7, 11) is 0. The Hall–Kier alpha value is -3.13. The van der Waals surface area contributed by atoms with Gasteiger partial charge in [0.25, 0.3) is 0 Å². The summed E-state index contributed by atoms with van der Waals surface area (Å²) in [6, 6.07) is 16.5. The van der Waals surface area contributed by atoms with Crippen molar-refractivity contribution in [3.05, 3.63) is 59.7 Å². The zero-order valence-electron chi connectivity index (χ0n) is 16.2. The van der Waals surface area contributed by atoms with Crippen LogP contribution in [0.4, 0.5) is 11.4 Å². The van der Waals surface area contributed by atoms with Crippen LogP contribution < -0.4 is 10.2 Å². The molecular formula is C22H25N3O2. The standard InChI is InChI=1S/C22H25N3O2/c1-16(26)25(20-8-6-5-7-19(20)22(2,3)4)14-13-21(27)24-18-11-9-17(15-23)10-12-18/h5-12H,13-14H2,1-4H3,(H,24,27). The Morgan fingerprint density at radius 3 is 2.26 bits per heavy atom. The van der Waals surface area contributed by atoms with Crippen LogP contribution in [0.5, 0.6) is 0 Å². The first-order valence-electron chi connectivity index (χ1n) is 8.90. The summed E-state index contributed by atoms with van der Waals surface area (Å²) in [4.78, 5) is 26.2. The minimum Gasteiger partial charge on any atom is -0.326 e. The average Bonchev–Trinajstić information content (AvgIpc) is 2.62. The fraction of sp³-hybridized carbons (Fsp3) is 0.318. The number of carbonyl (C=O) groups is 2. The predicted octanol–water partition coefficient (Wildman–Crippen LogP) is 4.24. The van der Waals surface area contributed by atoms with E-state index in [1.165, 1.54) is 6.92 Å². The Bertz CT molecular complexity index is 858. The maximum absolute atomic E-state index is 12.3. The summed E-state index contributed by atoms with van der Waals surface area (Å²) < 4.78 is 0. The second-order valence-electron chi connectivity index (χ2n) is 7.43. The molecule has 2 aromatic rings. The molecule has 5 nitrogen and oxygen atoms in total. The van der Waals surface area contributed by atoms with E-state index in [1.807, 2.05) is 30.3 Å². The summed E-state index contributed by atoms with van der Waals surface area (Å²) in [6.07, 6.45) is 0.179. The third-order valence-corrected chi connectivity index (χ3v) is 4.24. The zero-order chi connectivity index (χ0) is 20.0. The van der Waals surface area contributed by atoms with Gasteiger partial charge < -0.3 is 10.2 Å². The monoisotopic (exact) mass is 363 g/mol. The third-order valence-electron chi connectivity index (χ3n) is 4.24. The van der Waals surface area contributed by atoms with Gasteiger partial charge in [0, 0.05) is 31.3 Å². The van der Waals surface area contributed by atoms with Crippen molar-refractivity contribution in [1.82, 2.24) is 0 Å². The first kappa shape index (κ1) is 20.2. The van der Waals surface area contributed by atoms with E-state index in [2.05, 4.69) is 26.1 Å². The van der Waals surface area contributed by atoms with E-state index in [-0.39, 0.29) is 23.7 Å². The summed E-state index contributed by atoms with van der Waals surface area (Å²) in [5.41, 5.74) is 2.95. The fourth-order valence-electron chi connectivity index (χ4n) is 2.86. The molecule has 0 heterocycles. The SMILES string of the molecule is CC(=O)N(CCC(=O)Nc1ccc(C#N)cc1)c1ccccc1C(C)(C)C. The summed E-state index contributed by atoms with van der Waals surface area (Å²) >= 11 is 0. The lowest BCUT2D eigenvalue weighted by atomic mass is 9.85. The largest absolute Gasteiger partial charge is 0.326 e. The Morgan fingerprint density at radius 1 is 1.07 bits per heavy atom. The lowest BCUT2D eigenvalue weighted by Gasteiger charge is -2.29. The molecule has 0 spiro atoms. The molecule has 0 aliphatic carbocycles. The number of hydrogen-bond acceptors (Lipinski definition) is 3. The molecule has 27 heavy (non-hydrogen) atoms. The number of amides is 2. The fourth-order valence-corrected chi connectivity index (χ4v) is 2.86. The number of benzene rings is 2. The molecule has 0 saturated heterocycles. The van der Waals surface area contributed by atoms with Gasteiger partial charge >= 0.3 is 0 Å². The highest BCUT2D eigenvalue weighted by Crippen LogP contribution is 2.32. The van der Waals surface area contributed by atoms with E-state index in [0.29, 0.717) is 17.8 Å². The first-order valence-corrected chi connectivity index (χ1v) is 8.90. The van der Waals surface area contributed by atoms with Crippen LogP contribution in [0.2, 0.25) is 0 Å². The maximum Gasteiger partial charge on any atom is 0.226 e. The second-order valence-corrected chi connectivity index (χ2v) is 7.43. The van der Waals surface area contributed by atoms with Gasteiger partial charge in [-0.25, -0.2) is 0 Å². The molecule has 5 heteroatoms. The van der Waals surface area contributed by atoms with Gasteiger partial charge in [0.2, 0.25) is 11.8 Å². The number of carbonyl (C=O) groups excluding carboxylic acids is 2. The quantitative estimate of drug-likeness (QED) is 0.863. The van der Waals surface area contributed by atoms with Gasteiger partial charge in [-0.3, -0.25) is 9.59 Å². The molecule has 0 aliphatic rings. The van der Waals surface area contributed by atoms with E-state index in [0.717, 1.165) is 11.3 Å². The highest BCUT2D eigenvalue weighted by molar-refractivity contribution is 5.95. The highest BCUT2D eigenvalue weighted by atomic mass is 16.2. The number of nitrogens with one attached hydrogen (secondary N) is 1. The molecule has 0 atom stereocenters. The predicted molar refractivity (Wildman–Crippen MR) is 108 cm³/mol. The number of nitrogens with zero attached hydrogens (tertiary/aromatic N) is 2. The minimum atomic E-state index is -0.181. The Labute approximate surface area is 160 Å². The second kappa shape index (κ2) is 8.50. The van der Waals surface area contributed by atoms with Gasteiger partial charge in [-0.15, -0.1) is 0 Å². The summed E-state index contributed by atoms with van der Waals surface area (Å²) in [5, 5.41) is 11.6. The Balaban J connectivity index is 2.10. The number of nitriles is 1. The van der Waals surface area contributed by atoms with Crippen LogP contribution in [0.3, 0.4) is 0 Å². The molecule has 0 bridgehead atoms. The van der Waals surface area contributed by atoms with Crippen molar-refractivity contribution < 1.29 is 9.59 Å². The molecule has 0 aromatic heterocycles. The van der Waals surface area contributed by atoms with Gasteiger partial charge in [-0.1, -0.05) is 39.0 Å². The van der Waals surface area contributed by atoms with Gasteiger partial charge in [-0.05, 0) is 41.3 Å². The lowest BCUT2D eigenvalue weighted by Crippen LogP contribution is -2.34. The number of para-hydroxylation sites is 1. The third kappa shape index (κ3) is 5.42. The number of anilines is 2. The molecule has 2 rings (SSSR count). The van der Waals surface area contributed by atoms with Crippen molar-refractivity contribution in [2.24, 2.45) is 0 Å². The van der Waals surface area contributed by atoms with Crippen molar-refractivity contribution in [2.45, 2.75) is 39.5 Å². The van der Waals surface area contributed by atoms with Crippen LogP contribution in [0.15, 0.2) is 48.5 Å². The Kier molecular flexibility index (Phi) is 6.36. The maximum atomic E-state index is 12.3. The van der Waals surface area contributed by atoms with Crippen LogP contribution in [-0.2, 0) is 15.0 Å². The molecule has 1 N–H and O–H groups in total. The lowest BCUT2D eigenvalue weighted by molar-refractivity contribution is -0.117. The molecular weight excluding hydrogens is 338 g/mol. The van der Waals surface area contributed by atoms with E-state index in [4.69, 9.17) is 5.26 Å². The van der Waals surface area contributed by atoms with Gasteiger partial charge in [0.05, 0.1) is 11.6 Å². The first-order chi connectivity index (χ1) is 12.7. The number of hydrogen-bond donors (Lipinski definition) is 1. The molecule has 0 radical (unpaired) electrons. The van der Waals surface area contributed by atoms with Crippen molar-refractivity contribution in [3.63, 3.8) is 0 Å². The smallest absolute Gasteiger partial charge is 0.226 e. The van der Waals surface area contributed by atoms with Gasteiger partial charge in [0.1, 0.15) is 0 Å². The molecule has 0 saturated carbocycles. The van der Waals surface area contributed by atoms with E-state index in [1.54, 1.807) is 29.2 Å². The van der Waals surface area contributed by atoms with Gasteiger partial charge in [0.15, 0.2) is 0 Å². The molecule has 0 aliphatic heterocycles. The van der Waals surface area contributed by atoms with Crippen LogP contribution in [-0.4, -0.2) is 18.4 Å². The average molecular weight is 363 g/mol. The Morgan fingerprint density at radius 2 is 1.70 bits per heavy atom. The molecule has 2 amide bonds. The summed E-state index contributed by atoms with van der Waals surface area (Å²) in [6.45, 7) is 8.10. The van der Waals surface area contributed by atoms with Crippen molar-refractivity contribution in [3.8, 4) is 6.07 Å². The number of rotatable bonds is 5. The van der Waals surface area contributed by atoms with E-state index in [9.17, 15) is 9.59 Å². The topological polar surface area (TPSA) is 73.2 Å². The molecule has 0 fully saturated rings. The van der Waals surface area contributed by atoms with Crippen LogP contribution in [0.25, 0.3) is 0 Å². The molecule has 140 valence electrons. The van der Waals surface area contributed by atoms with Crippen LogP contribution in [0, 0.1) is 11.3 Å². The van der Waals surface area contributed by atoms with Crippen molar-refractivity contribution in [1.29, 1.82) is 5.26 Å². The van der Waals surface area contributed by atoms with Crippen LogP contribution in [0.1, 0.15) is 45.2 Å². The summed E-state index contributed by atoms with van der Waals surface area (Å²) in [5.74, 6) is -0.280. The zero-order valence-corrected chi connectivity index (χ0v) is 16.2. The van der Waals surface area contributed by atoms with Crippen LogP contribution >= 0.6 is 0 Å². The molecule has 2 aromatic carbocycles. The minimum absolute atomic E-state index is 0.0992.